The van der Waals surface area contributed by atoms with Gasteiger partial charge in [-0.2, -0.15) is 0 Å². The number of aromatic nitrogens is 2. The predicted molar refractivity (Wildman–Crippen MR) is 172 cm³/mol. The lowest BCUT2D eigenvalue weighted by atomic mass is 9.97. The van der Waals surface area contributed by atoms with Crippen molar-refractivity contribution < 1.29 is 8.83 Å². The van der Waals surface area contributed by atoms with Gasteiger partial charge in [0.2, 0.25) is 0 Å². The summed E-state index contributed by atoms with van der Waals surface area (Å²) >= 11 is 0. The molecule has 0 fully saturated rings. The van der Waals surface area contributed by atoms with Crippen LogP contribution in [0.3, 0.4) is 0 Å². The van der Waals surface area contributed by atoms with Crippen LogP contribution in [-0.2, 0) is 7.05 Å². The molecule has 4 nitrogen and oxygen atoms in total. The fourth-order valence-electron chi connectivity index (χ4n) is 6.28. The molecule has 9 rings (SSSR count). The van der Waals surface area contributed by atoms with Gasteiger partial charge in [-0.1, -0.05) is 78.9 Å². The van der Waals surface area contributed by atoms with Gasteiger partial charge >= 0.3 is 0 Å². The van der Waals surface area contributed by atoms with Crippen molar-refractivity contribution in [2.75, 3.05) is 0 Å². The van der Waals surface area contributed by atoms with E-state index in [1.165, 1.54) is 0 Å². The van der Waals surface area contributed by atoms with Gasteiger partial charge in [-0.3, -0.25) is 0 Å². The average Bonchev–Trinajstić information content (AvgIpc) is 3.70. The summed E-state index contributed by atoms with van der Waals surface area (Å²) < 4.78 is 14.6. The van der Waals surface area contributed by atoms with Crippen LogP contribution in [0, 0.1) is 0 Å². The van der Waals surface area contributed by atoms with E-state index in [9.17, 15) is 0 Å². The van der Waals surface area contributed by atoms with Crippen molar-refractivity contribution in [1.29, 1.82) is 0 Å². The average molecular weight is 541 g/mol. The van der Waals surface area contributed by atoms with Crippen LogP contribution in [0.5, 0.6) is 0 Å². The molecule has 0 spiro atoms. The molecule has 9 aromatic rings. The molecular weight excluding hydrogens is 516 g/mol. The first-order valence-electron chi connectivity index (χ1n) is 14.1. The van der Waals surface area contributed by atoms with Gasteiger partial charge in [-0.05, 0) is 70.8 Å². The Morgan fingerprint density at radius 3 is 1.86 bits per heavy atom. The number of para-hydroxylation sites is 1. The molecule has 0 saturated heterocycles. The molecule has 0 amide bonds. The number of furan rings is 2. The predicted octanol–water partition coefficient (Wildman–Crippen LogP) is 10.4. The fraction of sp³-hybridized carbons (Fsp3) is 0.0263. The molecule has 0 aliphatic rings. The maximum Gasteiger partial charge on any atom is 0.140 e. The molecule has 3 aromatic heterocycles. The maximum absolute atomic E-state index is 6.30. The number of rotatable bonds is 3. The summed E-state index contributed by atoms with van der Waals surface area (Å²) in [7, 11) is 2.08. The Kier molecular flexibility index (Phi) is 4.79. The molecule has 0 radical (unpaired) electrons. The van der Waals surface area contributed by atoms with Crippen molar-refractivity contribution in [2.24, 2.45) is 7.05 Å². The smallest absolute Gasteiger partial charge is 0.140 e. The van der Waals surface area contributed by atoms with E-state index in [1.54, 1.807) is 0 Å². The molecule has 0 aliphatic heterocycles. The normalized spacial score (nSPS) is 11.9. The second kappa shape index (κ2) is 8.69. The van der Waals surface area contributed by atoms with Crippen LogP contribution >= 0.6 is 0 Å². The Balaban J connectivity index is 1.13. The zero-order valence-corrected chi connectivity index (χ0v) is 22.8. The maximum atomic E-state index is 6.30. The topological polar surface area (TPSA) is 44.1 Å². The number of fused-ring (bicyclic) bond motifs is 7. The van der Waals surface area contributed by atoms with E-state index in [0.717, 1.165) is 88.6 Å². The van der Waals surface area contributed by atoms with Crippen molar-refractivity contribution in [1.82, 2.24) is 9.55 Å². The van der Waals surface area contributed by atoms with Crippen molar-refractivity contribution in [2.45, 2.75) is 0 Å². The molecule has 0 N–H and O–H groups in total. The van der Waals surface area contributed by atoms with Gasteiger partial charge in [0.05, 0.1) is 11.0 Å². The van der Waals surface area contributed by atoms with E-state index in [0.29, 0.717) is 0 Å². The lowest BCUT2D eigenvalue weighted by Gasteiger charge is -2.07. The third kappa shape index (κ3) is 3.45. The Morgan fingerprint density at radius 1 is 0.452 bits per heavy atom. The molecule has 0 aliphatic carbocycles. The summed E-state index contributed by atoms with van der Waals surface area (Å²) in [5.41, 5.74) is 11.3. The van der Waals surface area contributed by atoms with Gasteiger partial charge in [0.25, 0.3) is 0 Å². The monoisotopic (exact) mass is 540 g/mol. The molecular formula is C38H24N2O2. The van der Waals surface area contributed by atoms with E-state index in [-0.39, 0.29) is 0 Å². The van der Waals surface area contributed by atoms with Crippen molar-refractivity contribution in [3.8, 4) is 33.6 Å². The van der Waals surface area contributed by atoms with Gasteiger partial charge in [-0.15, -0.1) is 0 Å². The largest absolute Gasteiger partial charge is 0.456 e. The molecule has 4 heteroatoms. The minimum Gasteiger partial charge on any atom is -0.456 e. The Bertz CT molecular complexity index is 2480. The molecule has 0 bridgehead atoms. The van der Waals surface area contributed by atoms with E-state index in [4.69, 9.17) is 13.8 Å². The van der Waals surface area contributed by atoms with Gasteiger partial charge in [0, 0.05) is 34.2 Å². The van der Waals surface area contributed by atoms with Gasteiger partial charge < -0.3 is 13.4 Å². The van der Waals surface area contributed by atoms with Gasteiger partial charge in [0.1, 0.15) is 28.2 Å². The highest BCUT2D eigenvalue weighted by Gasteiger charge is 2.15. The summed E-state index contributed by atoms with van der Waals surface area (Å²) in [6.07, 6.45) is 0. The van der Waals surface area contributed by atoms with Gasteiger partial charge in [0.15, 0.2) is 0 Å². The number of benzene rings is 6. The van der Waals surface area contributed by atoms with Crippen LogP contribution in [0.15, 0.2) is 136 Å². The van der Waals surface area contributed by atoms with Crippen LogP contribution in [0.4, 0.5) is 0 Å². The molecule has 42 heavy (non-hydrogen) atoms. The van der Waals surface area contributed by atoms with E-state index < -0.39 is 0 Å². The number of hydrogen-bond donors (Lipinski definition) is 0. The van der Waals surface area contributed by atoms with E-state index >= 15 is 0 Å². The minimum atomic E-state index is 0.869. The molecule has 0 saturated carbocycles. The second-order valence-corrected chi connectivity index (χ2v) is 10.9. The highest BCUT2D eigenvalue weighted by molar-refractivity contribution is 6.15. The lowest BCUT2D eigenvalue weighted by molar-refractivity contribution is 0.664. The highest BCUT2D eigenvalue weighted by Crippen LogP contribution is 2.38. The molecule has 0 atom stereocenters. The summed E-state index contributed by atoms with van der Waals surface area (Å²) in [5.74, 6) is 0.970. The number of imidazole rings is 1. The first kappa shape index (κ1) is 23.1. The Hall–Kier alpha value is -5.61. The van der Waals surface area contributed by atoms with E-state index in [2.05, 4.69) is 115 Å². The van der Waals surface area contributed by atoms with Crippen LogP contribution < -0.4 is 0 Å². The third-order valence-electron chi connectivity index (χ3n) is 8.41. The minimum absolute atomic E-state index is 0.869. The first-order valence-corrected chi connectivity index (χ1v) is 14.1. The molecule has 6 aromatic carbocycles. The first-order chi connectivity index (χ1) is 20.7. The molecule has 0 unspecified atom stereocenters. The lowest BCUT2D eigenvalue weighted by Crippen LogP contribution is -1.91. The fourth-order valence-corrected chi connectivity index (χ4v) is 6.28. The standard InChI is InChI=1S/C38H24N2O2/c1-40-33-16-14-27(20-32(33)39-38(40)23-8-3-2-4-9-23)25-11-7-10-24(18-25)26-15-17-35-29(19-26)31-22-36-30(21-37(31)42-35)28-12-5-6-13-34(28)41-36/h2-22H,1H3. The van der Waals surface area contributed by atoms with Crippen LogP contribution in [0.25, 0.3) is 88.6 Å². The van der Waals surface area contributed by atoms with E-state index in [1.807, 2.05) is 24.3 Å². The van der Waals surface area contributed by atoms with Crippen LogP contribution in [-0.4, -0.2) is 9.55 Å². The van der Waals surface area contributed by atoms with Gasteiger partial charge in [-0.25, -0.2) is 4.98 Å². The summed E-state index contributed by atoms with van der Waals surface area (Å²) in [6.45, 7) is 0. The second-order valence-electron chi connectivity index (χ2n) is 10.9. The number of hydrogen-bond acceptors (Lipinski definition) is 3. The Morgan fingerprint density at radius 2 is 1.05 bits per heavy atom. The van der Waals surface area contributed by atoms with Crippen LogP contribution in [0.2, 0.25) is 0 Å². The summed E-state index contributed by atoms with van der Waals surface area (Å²) in [6, 6.07) is 44.4. The van der Waals surface area contributed by atoms with Crippen molar-refractivity contribution in [3.05, 3.63) is 127 Å². The number of nitrogens with zero attached hydrogens (tertiary/aromatic N) is 2. The number of aryl methyl sites for hydroxylation is 1. The Labute approximate surface area is 241 Å². The zero-order chi connectivity index (χ0) is 27.8. The molecule has 3 heterocycles. The van der Waals surface area contributed by atoms with Crippen molar-refractivity contribution >= 4 is 54.9 Å². The quantitative estimate of drug-likeness (QED) is 0.224. The molecule has 198 valence electrons. The SMILES string of the molecule is Cn1c(-c2ccccc2)nc2cc(-c3cccc(-c4ccc5oc6cc7c(cc6c5c4)oc4ccccc47)c3)ccc21. The highest BCUT2D eigenvalue weighted by atomic mass is 16.3. The summed E-state index contributed by atoms with van der Waals surface area (Å²) in [4.78, 5) is 4.99. The zero-order valence-electron chi connectivity index (χ0n) is 22.8. The van der Waals surface area contributed by atoms with Crippen LogP contribution in [0.1, 0.15) is 0 Å². The third-order valence-corrected chi connectivity index (χ3v) is 8.41. The van der Waals surface area contributed by atoms with Crippen molar-refractivity contribution in [3.63, 3.8) is 0 Å². The summed E-state index contributed by atoms with van der Waals surface area (Å²) in [5, 5.41) is 4.32.